The molecule has 0 unspecified atom stereocenters. The number of aliphatic carboxylic acids is 2. The van der Waals surface area contributed by atoms with E-state index in [2.05, 4.69) is 26.3 Å². The Labute approximate surface area is 343 Å². The Kier molecular flexibility index (Phi) is 15.0. The second-order valence-corrected chi connectivity index (χ2v) is 17.8. The van der Waals surface area contributed by atoms with Crippen molar-refractivity contribution in [1.29, 1.82) is 0 Å². The first-order chi connectivity index (χ1) is 27.9. The molecular weight excluding hydrogens is 767 g/mol. The van der Waals surface area contributed by atoms with Crippen molar-refractivity contribution in [1.82, 2.24) is 26.3 Å². The number of carboxylic acid groups (broad SMARTS) is 2. The summed E-state index contributed by atoms with van der Waals surface area (Å²) in [5.41, 5.74) is 4.11. The van der Waals surface area contributed by atoms with Gasteiger partial charge >= 0.3 is 17.9 Å². The van der Waals surface area contributed by atoms with Crippen LogP contribution in [0.1, 0.15) is 95.5 Å². The first-order valence-corrected chi connectivity index (χ1v) is 21.9. The van der Waals surface area contributed by atoms with Gasteiger partial charge in [-0.25, -0.2) is 4.79 Å². The number of aliphatic hydroxyl groups excluding tert-OH is 2. The number of hydrogen-bond acceptors (Lipinski definition) is 12. The second kappa shape index (κ2) is 19.9. The van der Waals surface area contributed by atoms with E-state index in [1.807, 2.05) is 12.1 Å². The third kappa shape index (κ3) is 9.95. The number of allylic oxidation sites excluding steroid dienone is 1. The zero-order valence-electron chi connectivity index (χ0n) is 33.2. The molecule has 2 amide bonds. The van der Waals surface area contributed by atoms with Crippen molar-refractivity contribution < 1.29 is 49.1 Å². The van der Waals surface area contributed by atoms with E-state index in [4.69, 9.17) is 4.74 Å². The molecule has 8 N–H and O–H groups in total. The van der Waals surface area contributed by atoms with Gasteiger partial charge in [-0.3, -0.25) is 29.5 Å². The van der Waals surface area contributed by atoms with Crippen LogP contribution >= 0.6 is 11.8 Å². The molecule has 2 saturated carbocycles. The van der Waals surface area contributed by atoms with Gasteiger partial charge < -0.3 is 41.1 Å². The zero-order valence-corrected chi connectivity index (χ0v) is 34.1. The van der Waals surface area contributed by atoms with Crippen LogP contribution in [0.2, 0.25) is 0 Å². The maximum absolute atomic E-state index is 14.4. The van der Waals surface area contributed by atoms with Gasteiger partial charge in [-0.05, 0) is 118 Å². The highest BCUT2D eigenvalue weighted by atomic mass is 32.2. The first kappa shape index (κ1) is 43.7. The number of carbonyl (C=O) groups is 5. The highest BCUT2D eigenvalue weighted by Gasteiger charge is 2.56. The molecule has 5 aliphatic carbocycles. The van der Waals surface area contributed by atoms with Crippen LogP contribution in [0.3, 0.4) is 0 Å². The van der Waals surface area contributed by atoms with E-state index in [1.54, 1.807) is 19.4 Å². The average molecular weight is 826 g/mol. The van der Waals surface area contributed by atoms with E-state index in [9.17, 15) is 44.4 Å². The van der Waals surface area contributed by atoms with Crippen LogP contribution in [0.5, 0.6) is 0 Å². The number of pyridine rings is 1. The molecule has 1 aliphatic heterocycles. The smallest absolute Gasteiger partial charge is 0.353 e. The van der Waals surface area contributed by atoms with Gasteiger partial charge in [0.05, 0.1) is 5.25 Å². The third-order valence-electron chi connectivity index (χ3n) is 13.2. The molecule has 6 atom stereocenters. The fourth-order valence-corrected chi connectivity index (χ4v) is 12.2. The Balaban J connectivity index is 1.37. The number of amides is 2. The van der Waals surface area contributed by atoms with Crippen molar-refractivity contribution in [3.05, 3.63) is 52.6 Å². The predicted octanol–water partition coefficient (Wildman–Crippen LogP) is 3.02. The number of esters is 1. The van der Waals surface area contributed by atoms with Gasteiger partial charge in [-0.15, -0.1) is 11.8 Å². The minimum atomic E-state index is -2.21. The topological polar surface area (TPSA) is 237 Å². The lowest BCUT2D eigenvalue weighted by Gasteiger charge is -2.49. The van der Waals surface area contributed by atoms with Crippen molar-refractivity contribution in [3.8, 4) is 0 Å². The number of aliphatic hydroxyl groups is 2. The largest absolute Gasteiger partial charge is 0.480 e. The van der Waals surface area contributed by atoms with Crippen molar-refractivity contribution in [2.24, 2.45) is 29.1 Å². The molecule has 0 saturated heterocycles. The van der Waals surface area contributed by atoms with Crippen molar-refractivity contribution in [2.75, 3.05) is 26.1 Å². The standard InChI is InChI=1S/C42H59N5O10S/c1-43-23-45-30(39(52)53)10-11-32(49)46-31(37(50)47-38(51)40(54)55)22-58-36-35-33-27(20-24-6-8-28(9-7-24)42(36)14-2-3-15-42)21-26(19-25-12-16-44-17-13-25)29(5-4-18-48)34(33)41(56)57-35/h12-13,16-17,24,27-28,30-31,34,36,38,43,45,48,51H,2-11,14-15,18-23H2,1H3,(H,46,49)(H,47,50)(H,52,53)(H,54,55)/t24?,27-,28?,30-,31-,34+,36-,38-/m0/s1. The van der Waals surface area contributed by atoms with E-state index in [0.29, 0.717) is 36.9 Å². The summed E-state index contributed by atoms with van der Waals surface area (Å²) >= 11 is 1.45. The maximum atomic E-state index is 14.4. The number of fused-ring (bicyclic) bond motifs is 2. The van der Waals surface area contributed by atoms with Gasteiger partial charge in [0.1, 0.15) is 23.8 Å². The Hall–Kier alpha value is -3.83. The predicted molar refractivity (Wildman–Crippen MR) is 215 cm³/mol. The summed E-state index contributed by atoms with van der Waals surface area (Å²) in [6.45, 7) is 0.191. The van der Waals surface area contributed by atoms with Crippen LogP contribution in [-0.4, -0.2) is 105 Å². The Morgan fingerprint density at radius 3 is 2.40 bits per heavy atom. The number of carboxylic acids is 2. The number of rotatable bonds is 19. The highest BCUT2D eigenvalue weighted by Crippen LogP contribution is 2.62. The molecule has 0 aromatic carbocycles. The number of nitrogens with one attached hydrogen (secondary N) is 4. The molecule has 2 fully saturated rings. The fourth-order valence-electron chi connectivity index (χ4n) is 10.5. The molecule has 1 aromatic rings. The molecular formula is C42H59N5O10S. The molecule has 318 valence electrons. The molecule has 6 aliphatic rings. The van der Waals surface area contributed by atoms with E-state index in [0.717, 1.165) is 80.9 Å². The molecule has 16 heteroatoms. The van der Waals surface area contributed by atoms with Gasteiger partial charge in [0.2, 0.25) is 18.0 Å². The molecule has 58 heavy (non-hydrogen) atoms. The normalized spacial score (nSPS) is 26.5. The van der Waals surface area contributed by atoms with Crippen LogP contribution in [0.4, 0.5) is 0 Å². The number of nitrogens with zero attached hydrogens (tertiary/aromatic N) is 1. The summed E-state index contributed by atoms with van der Waals surface area (Å²) in [6.07, 6.45) is 12.6. The molecule has 0 radical (unpaired) electrons. The van der Waals surface area contributed by atoms with Gasteiger partial charge in [0.25, 0.3) is 0 Å². The maximum Gasteiger partial charge on any atom is 0.353 e. The first-order valence-electron chi connectivity index (χ1n) is 20.8. The van der Waals surface area contributed by atoms with Crippen molar-refractivity contribution >= 4 is 41.5 Å². The van der Waals surface area contributed by atoms with Crippen LogP contribution in [-0.2, 0) is 35.1 Å². The number of carbonyl (C=O) groups excluding carboxylic acids is 3. The van der Waals surface area contributed by atoms with E-state index in [1.165, 1.54) is 17.3 Å². The highest BCUT2D eigenvalue weighted by molar-refractivity contribution is 8.00. The number of hydrogen-bond donors (Lipinski definition) is 8. The number of aromatic nitrogens is 1. The monoisotopic (exact) mass is 825 g/mol. The molecule has 7 rings (SSSR count). The molecule has 1 aromatic heterocycles. The Bertz CT molecular complexity index is 1730. The average Bonchev–Trinajstić information content (AvgIpc) is 3.83. The summed E-state index contributed by atoms with van der Waals surface area (Å²) in [5.74, 6) is -3.60. The third-order valence-corrected chi connectivity index (χ3v) is 14.7. The summed E-state index contributed by atoms with van der Waals surface area (Å²) in [4.78, 5) is 69.1. The van der Waals surface area contributed by atoms with Crippen molar-refractivity contribution in [3.63, 3.8) is 0 Å². The Morgan fingerprint density at radius 1 is 1.02 bits per heavy atom. The van der Waals surface area contributed by atoms with Crippen molar-refractivity contribution in [2.45, 2.75) is 120 Å². The van der Waals surface area contributed by atoms with Gasteiger partial charge in [-0.1, -0.05) is 36.8 Å². The minimum absolute atomic E-state index is 0.0103. The fraction of sp³-hybridized carbons (Fsp3) is 0.667. The summed E-state index contributed by atoms with van der Waals surface area (Å²) in [7, 11) is 1.65. The number of thioether (sulfide) groups is 1. The summed E-state index contributed by atoms with van der Waals surface area (Å²) in [6, 6.07) is 1.67. The Morgan fingerprint density at radius 2 is 1.74 bits per heavy atom. The second-order valence-electron chi connectivity index (χ2n) is 16.7. The van der Waals surface area contributed by atoms with Gasteiger partial charge in [-0.2, -0.15) is 0 Å². The van der Waals surface area contributed by atoms with E-state index in [-0.39, 0.29) is 54.4 Å². The molecule has 1 spiro atoms. The molecule has 15 nitrogen and oxygen atoms in total. The van der Waals surface area contributed by atoms with Crippen LogP contribution in [0.25, 0.3) is 0 Å². The van der Waals surface area contributed by atoms with E-state index >= 15 is 0 Å². The molecule has 2 bridgehead atoms. The lowest BCUT2D eigenvalue weighted by Crippen LogP contribution is -2.53. The number of ether oxygens (including phenoxy) is 1. The van der Waals surface area contributed by atoms with Crippen LogP contribution in [0.15, 0.2) is 47.0 Å². The minimum Gasteiger partial charge on any atom is -0.480 e. The van der Waals surface area contributed by atoms with Crippen LogP contribution in [0, 0.1) is 29.1 Å². The lowest BCUT2D eigenvalue weighted by atomic mass is 9.59. The van der Waals surface area contributed by atoms with E-state index < -0.39 is 48.0 Å². The van der Waals surface area contributed by atoms with Gasteiger partial charge in [0, 0.05) is 37.8 Å². The van der Waals surface area contributed by atoms with Crippen LogP contribution < -0.4 is 21.3 Å². The SMILES string of the molecule is CNCN[C@@H](CCC(=O)N[C@@H](CS[C@H]1C2=C3[C@H](CC(Cc4ccncc4)=C(CCCO)[C@H]3C(=O)O2)CC2CCC(CC2)C12CCCC2)C(=O)N[C@@H](O)C(=O)O)C(=O)O. The molecule has 2 heterocycles. The van der Waals surface area contributed by atoms with Gasteiger partial charge in [0.15, 0.2) is 0 Å². The summed E-state index contributed by atoms with van der Waals surface area (Å²) < 4.78 is 6.56. The quantitative estimate of drug-likeness (QED) is 0.0569. The zero-order chi connectivity index (χ0) is 41.4. The lowest BCUT2D eigenvalue weighted by molar-refractivity contribution is -0.151. The summed E-state index contributed by atoms with van der Waals surface area (Å²) in [5, 5.41) is 49.2.